The predicted octanol–water partition coefficient (Wildman–Crippen LogP) is 2.30. The van der Waals surface area contributed by atoms with Gasteiger partial charge in [-0.1, -0.05) is 23.9 Å². The lowest BCUT2D eigenvalue weighted by molar-refractivity contribution is 0.0958. The van der Waals surface area contributed by atoms with E-state index in [0.717, 1.165) is 9.79 Å². The van der Waals surface area contributed by atoms with Crippen LogP contribution in [-0.2, 0) is 0 Å². The number of nitrogens with one attached hydrogen (secondary N) is 1. The number of hydrogen-bond acceptors (Lipinski definition) is 3. The number of nitrogens with two attached hydrogens (primary N) is 1. The summed E-state index contributed by atoms with van der Waals surface area (Å²) in [6.45, 7) is 0. The average molecular weight is 286 g/mol. The van der Waals surface area contributed by atoms with Gasteiger partial charge in [-0.05, 0) is 36.4 Å². The first-order chi connectivity index (χ1) is 9.61. The van der Waals surface area contributed by atoms with Crippen molar-refractivity contribution in [2.45, 2.75) is 9.79 Å². The maximum absolute atomic E-state index is 11.8. The molecular formula is C15H14N2O2S. The second-order valence-electron chi connectivity index (χ2n) is 4.07. The largest absolute Gasteiger partial charge is 0.366 e. The summed E-state index contributed by atoms with van der Waals surface area (Å²) in [4.78, 5) is 24.6. The Hall–Kier alpha value is -2.27. The molecule has 2 amide bonds. The van der Waals surface area contributed by atoms with Crippen LogP contribution in [0.25, 0.3) is 0 Å². The lowest BCUT2D eigenvalue weighted by atomic mass is 10.2. The molecule has 0 saturated carbocycles. The highest BCUT2D eigenvalue weighted by Crippen LogP contribution is 2.30. The van der Waals surface area contributed by atoms with Gasteiger partial charge < -0.3 is 11.1 Å². The number of benzene rings is 2. The average Bonchev–Trinajstić information content (AvgIpc) is 2.47. The van der Waals surface area contributed by atoms with Crippen LogP contribution in [0.5, 0.6) is 0 Å². The van der Waals surface area contributed by atoms with E-state index < -0.39 is 5.91 Å². The summed E-state index contributed by atoms with van der Waals surface area (Å²) < 4.78 is 0. The van der Waals surface area contributed by atoms with Crippen LogP contribution in [0.15, 0.2) is 58.3 Å². The topological polar surface area (TPSA) is 72.2 Å². The van der Waals surface area contributed by atoms with Gasteiger partial charge in [-0.2, -0.15) is 0 Å². The Bertz CT molecular complexity index is 639. The number of primary amides is 1. The number of rotatable bonds is 4. The lowest BCUT2D eigenvalue weighted by Gasteiger charge is -2.08. The van der Waals surface area contributed by atoms with Gasteiger partial charge in [-0.3, -0.25) is 9.59 Å². The highest BCUT2D eigenvalue weighted by molar-refractivity contribution is 7.99. The van der Waals surface area contributed by atoms with Crippen LogP contribution in [0.1, 0.15) is 20.7 Å². The van der Waals surface area contributed by atoms with Crippen LogP contribution in [0, 0.1) is 0 Å². The first-order valence-corrected chi connectivity index (χ1v) is 6.82. The van der Waals surface area contributed by atoms with Gasteiger partial charge in [0.25, 0.3) is 5.91 Å². The molecule has 2 aromatic rings. The molecule has 0 saturated heterocycles. The molecule has 5 heteroatoms. The van der Waals surface area contributed by atoms with Gasteiger partial charge in [0.05, 0.1) is 5.56 Å². The Morgan fingerprint density at radius 2 is 1.70 bits per heavy atom. The van der Waals surface area contributed by atoms with Crippen molar-refractivity contribution in [1.82, 2.24) is 5.32 Å². The molecule has 0 aliphatic rings. The molecule has 0 atom stereocenters. The fourth-order valence-corrected chi connectivity index (χ4v) is 2.64. The van der Waals surface area contributed by atoms with E-state index in [4.69, 9.17) is 5.73 Å². The molecule has 102 valence electrons. The minimum absolute atomic E-state index is 0.123. The molecule has 0 aliphatic carbocycles. The summed E-state index contributed by atoms with van der Waals surface area (Å²) in [5.41, 5.74) is 6.29. The summed E-state index contributed by atoms with van der Waals surface area (Å²) in [6, 6.07) is 14.3. The third-order valence-electron chi connectivity index (χ3n) is 2.73. The molecular weight excluding hydrogens is 272 g/mol. The fourth-order valence-electron chi connectivity index (χ4n) is 1.69. The smallest absolute Gasteiger partial charge is 0.252 e. The van der Waals surface area contributed by atoms with Crippen molar-refractivity contribution in [2.24, 2.45) is 5.73 Å². The van der Waals surface area contributed by atoms with Gasteiger partial charge in [0.2, 0.25) is 5.91 Å². The predicted molar refractivity (Wildman–Crippen MR) is 78.9 cm³/mol. The van der Waals surface area contributed by atoms with Gasteiger partial charge in [0, 0.05) is 22.4 Å². The van der Waals surface area contributed by atoms with Crippen LogP contribution in [0.3, 0.4) is 0 Å². The monoisotopic (exact) mass is 286 g/mol. The first kappa shape index (κ1) is 14.1. The van der Waals surface area contributed by atoms with E-state index >= 15 is 0 Å². The molecule has 0 heterocycles. The highest BCUT2D eigenvalue weighted by Gasteiger charge is 2.10. The molecule has 0 aromatic heterocycles. The molecule has 2 rings (SSSR count). The van der Waals surface area contributed by atoms with Crippen LogP contribution >= 0.6 is 11.8 Å². The fraction of sp³-hybridized carbons (Fsp3) is 0.0667. The van der Waals surface area contributed by atoms with Crippen molar-refractivity contribution in [3.63, 3.8) is 0 Å². The Morgan fingerprint density at radius 1 is 1.05 bits per heavy atom. The molecule has 0 radical (unpaired) electrons. The van der Waals surface area contributed by atoms with Gasteiger partial charge in [0.15, 0.2) is 0 Å². The second-order valence-corrected chi connectivity index (χ2v) is 5.18. The summed E-state index contributed by atoms with van der Waals surface area (Å²) in [5.74, 6) is -0.575. The van der Waals surface area contributed by atoms with E-state index in [1.807, 2.05) is 30.3 Å². The van der Waals surface area contributed by atoms with Crippen molar-refractivity contribution in [3.05, 3.63) is 59.7 Å². The Balaban J connectivity index is 2.26. The van der Waals surface area contributed by atoms with Crippen LogP contribution in [0.2, 0.25) is 0 Å². The van der Waals surface area contributed by atoms with Crippen molar-refractivity contribution in [3.8, 4) is 0 Å². The van der Waals surface area contributed by atoms with Gasteiger partial charge in [-0.15, -0.1) is 0 Å². The maximum atomic E-state index is 11.8. The Morgan fingerprint density at radius 3 is 2.30 bits per heavy atom. The van der Waals surface area contributed by atoms with Crippen molar-refractivity contribution in [2.75, 3.05) is 7.05 Å². The zero-order valence-electron chi connectivity index (χ0n) is 10.9. The number of carbonyl (C=O) groups is 2. The van der Waals surface area contributed by atoms with Crippen molar-refractivity contribution in [1.29, 1.82) is 0 Å². The Kier molecular flexibility index (Phi) is 4.42. The van der Waals surface area contributed by atoms with E-state index in [-0.39, 0.29) is 5.91 Å². The summed E-state index contributed by atoms with van der Waals surface area (Å²) in [6.07, 6.45) is 0. The molecule has 3 N–H and O–H groups in total. The van der Waals surface area contributed by atoms with Crippen LogP contribution in [0.4, 0.5) is 0 Å². The SMILES string of the molecule is CNC(=O)c1ccccc1Sc1ccc(C(N)=O)cc1. The van der Waals surface area contributed by atoms with E-state index in [0.29, 0.717) is 11.1 Å². The third kappa shape index (κ3) is 3.19. The Labute approximate surface area is 121 Å². The quantitative estimate of drug-likeness (QED) is 0.905. The minimum atomic E-state index is -0.452. The molecule has 0 spiro atoms. The zero-order chi connectivity index (χ0) is 14.5. The van der Waals surface area contributed by atoms with Crippen LogP contribution < -0.4 is 11.1 Å². The molecule has 20 heavy (non-hydrogen) atoms. The normalized spacial score (nSPS) is 10.1. The van der Waals surface area contributed by atoms with Crippen LogP contribution in [-0.4, -0.2) is 18.9 Å². The molecule has 0 aliphatic heterocycles. The first-order valence-electron chi connectivity index (χ1n) is 6.00. The minimum Gasteiger partial charge on any atom is -0.366 e. The number of amides is 2. The van der Waals surface area contributed by atoms with E-state index in [1.54, 1.807) is 25.2 Å². The van der Waals surface area contributed by atoms with Crippen molar-refractivity contribution >= 4 is 23.6 Å². The lowest BCUT2D eigenvalue weighted by Crippen LogP contribution is -2.18. The van der Waals surface area contributed by atoms with Gasteiger partial charge in [0.1, 0.15) is 0 Å². The zero-order valence-corrected chi connectivity index (χ0v) is 11.7. The maximum Gasteiger partial charge on any atom is 0.252 e. The van der Waals surface area contributed by atoms with Gasteiger partial charge >= 0.3 is 0 Å². The highest BCUT2D eigenvalue weighted by atomic mass is 32.2. The standard InChI is InChI=1S/C15H14N2O2S/c1-17-15(19)12-4-2-3-5-13(12)20-11-8-6-10(7-9-11)14(16)18/h2-9H,1H3,(H2,16,18)(H,17,19). The second kappa shape index (κ2) is 6.25. The number of carbonyl (C=O) groups excluding carboxylic acids is 2. The third-order valence-corrected chi connectivity index (χ3v) is 3.81. The van der Waals surface area contributed by atoms with E-state index in [1.165, 1.54) is 11.8 Å². The molecule has 4 nitrogen and oxygen atoms in total. The van der Waals surface area contributed by atoms with E-state index in [9.17, 15) is 9.59 Å². The summed E-state index contributed by atoms with van der Waals surface area (Å²) in [7, 11) is 1.60. The molecule has 0 unspecified atom stereocenters. The summed E-state index contributed by atoms with van der Waals surface area (Å²) in [5, 5.41) is 2.62. The summed E-state index contributed by atoms with van der Waals surface area (Å²) >= 11 is 1.47. The van der Waals surface area contributed by atoms with E-state index in [2.05, 4.69) is 5.32 Å². The number of hydrogen-bond donors (Lipinski definition) is 2. The van der Waals surface area contributed by atoms with Crippen molar-refractivity contribution < 1.29 is 9.59 Å². The van der Waals surface area contributed by atoms with Gasteiger partial charge in [-0.25, -0.2) is 0 Å². The molecule has 0 bridgehead atoms. The molecule has 0 fully saturated rings. The molecule has 2 aromatic carbocycles.